The van der Waals surface area contributed by atoms with Gasteiger partial charge in [0.25, 0.3) is 0 Å². The zero-order valence-corrected chi connectivity index (χ0v) is 8.21. The Morgan fingerprint density at radius 3 is 2.44 bits per heavy atom. The van der Waals surface area contributed by atoms with Crippen LogP contribution in [0.25, 0.3) is 0 Å². The van der Waals surface area contributed by atoms with Crippen LogP contribution >= 0.6 is 0 Å². The summed E-state index contributed by atoms with van der Waals surface area (Å²) in [4.78, 5) is 23.8. The van der Waals surface area contributed by atoms with Crippen LogP contribution in [0.1, 0.15) is 20.7 Å². The van der Waals surface area contributed by atoms with Crippen LogP contribution in [0, 0.1) is 0 Å². The van der Waals surface area contributed by atoms with Crippen LogP contribution < -0.4 is 4.90 Å². The molecule has 1 aliphatic rings. The van der Waals surface area contributed by atoms with E-state index in [1.54, 1.807) is 6.07 Å². The second kappa shape index (κ2) is 3.92. The second-order valence-electron chi connectivity index (χ2n) is 3.20. The molecule has 6 nitrogen and oxygen atoms in total. The molecule has 0 unspecified atom stereocenters. The second-order valence-corrected chi connectivity index (χ2v) is 3.20. The highest BCUT2D eigenvalue weighted by atomic mass is 16.6. The Balaban J connectivity index is 2.57. The van der Waals surface area contributed by atoms with Crippen molar-refractivity contribution in [1.29, 1.82) is 0 Å². The number of fused-ring (bicyclic) bond motifs is 1. The van der Waals surface area contributed by atoms with E-state index in [2.05, 4.69) is 4.74 Å². The molecule has 2 N–H and O–H groups in total. The number of rotatable bonds is 3. The highest BCUT2D eigenvalue weighted by Gasteiger charge is 2.33. The van der Waals surface area contributed by atoms with Crippen molar-refractivity contribution in [1.82, 2.24) is 0 Å². The molecule has 0 fully saturated rings. The van der Waals surface area contributed by atoms with Crippen LogP contribution in [-0.2, 0) is 4.74 Å². The quantitative estimate of drug-likeness (QED) is 0.415. The van der Waals surface area contributed by atoms with Crippen LogP contribution in [0.3, 0.4) is 0 Å². The summed E-state index contributed by atoms with van der Waals surface area (Å²) >= 11 is 0. The van der Waals surface area contributed by atoms with Gasteiger partial charge in [0, 0.05) is 0 Å². The number of aliphatic hydroxyl groups is 2. The predicted octanol–water partition coefficient (Wildman–Crippen LogP) is -0.297. The van der Waals surface area contributed by atoms with E-state index in [4.69, 9.17) is 10.2 Å². The first-order valence-electron chi connectivity index (χ1n) is 4.55. The number of ether oxygens (including phenoxy) is 1. The average Bonchev–Trinajstić information content (AvgIpc) is 2.57. The van der Waals surface area contributed by atoms with E-state index >= 15 is 0 Å². The van der Waals surface area contributed by atoms with Crippen molar-refractivity contribution >= 4 is 17.6 Å². The summed E-state index contributed by atoms with van der Waals surface area (Å²) < 4.78 is 4.44. The largest absolute Gasteiger partial charge is 0.386 e. The molecule has 84 valence electrons. The molecule has 1 heterocycles. The zero-order valence-electron chi connectivity index (χ0n) is 8.21. The molecule has 0 saturated carbocycles. The fraction of sp³-hybridized carbons (Fsp3) is 0.200. The van der Waals surface area contributed by atoms with Gasteiger partial charge in [0.15, 0.2) is 0 Å². The van der Waals surface area contributed by atoms with Crippen molar-refractivity contribution in [3.05, 3.63) is 29.3 Å². The highest BCUT2D eigenvalue weighted by Crippen LogP contribution is 2.29. The molecule has 1 aliphatic heterocycles. The summed E-state index contributed by atoms with van der Waals surface area (Å²) in [6.07, 6.45) is 0. The van der Waals surface area contributed by atoms with E-state index in [-0.39, 0.29) is 16.8 Å². The lowest BCUT2D eigenvalue weighted by atomic mass is 10.1. The van der Waals surface area contributed by atoms with Gasteiger partial charge in [0.05, 0.1) is 16.8 Å². The van der Waals surface area contributed by atoms with Crippen LogP contribution in [-0.4, -0.2) is 35.6 Å². The molecule has 2 rings (SSSR count). The van der Waals surface area contributed by atoms with Crippen molar-refractivity contribution in [2.45, 2.75) is 0 Å². The number of nitrogens with zero attached hydrogens (tertiary/aromatic N) is 1. The first-order valence-corrected chi connectivity index (χ1v) is 4.55. The third kappa shape index (κ3) is 1.44. The normalized spacial score (nSPS) is 13.6. The van der Waals surface area contributed by atoms with Gasteiger partial charge < -0.3 is 19.8 Å². The van der Waals surface area contributed by atoms with E-state index in [0.29, 0.717) is 0 Å². The van der Waals surface area contributed by atoms with Gasteiger partial charge in [0.2, 0.25) is 0 Å². The van der Waals surface area contributed by atoms with Crippen LogP contribution in [0.15, 0.2) is 18.2 Å². The minimum Gasteiger partial charge on any atom is -0.386 e. The summed E-state index contributed by atoms with van der Waals surface area (Å²) in [5, 5.41) is 18.0. The molecular formula is C10H9NO5. The lowest BCUT2D eigenvalue weighted by Gasteiger charge is -2.20. The molecule has 6 heteroatoms. The van der Waals surface area contributed by atoms with Crippen LogP contribution in [0.2, 0.25) is 0 Å². The van der Waals surface area contributed by atoms with Crippen LogP contribution in [0.5, 0.6) is 0 Å². The molecule has 16 heavy (non-hydrogen) atoms. The van der Waals surface area contributed by atoms with E-state index in [1.165, 1.54) is 12.1 Å². The number of benzene rings is 1. The van der Waals surface area contributed by atoms with E-state index in [1.807, 2.05) is 0 Å². The molecule has 0 amide bonds. The standard InChI is InChI=1S/C10H9NO5/c12-4-11(5-13)7-3-1-2-6-8(7)10(15)16-9(6)14/h1-3,12-13H,4-5H2. The van der Waals surface area contributed by atoms with Crippen LogP contribution in [0.4, 0.5) is 5.69 Å². The van der Waals surface area contributed by atoms with Crippen molar-refractivity contribution in [3.63, 3.8) is 0 Å². The SMILES string of the molecule is O=C1OC(=O)c2c1cccc2N(CO)CO. The van der Waals surface area contributed by atoms with Gasteiger partial charge in [0.1, 0.15) is 13.5 Å². The minimum atomic E-state index is -0.762. The minimum absolute atomic E-state index is 0.0793. The maximum absolute atomic E-state index is 11.4. The number of carbonyl (C=O) groups excluding carboxylic acids is 2. The van der Waals surface area contributed by atoms with E-state index in [0.717, 1.165) is 4.90 Å². The lowest BCUT2D eigenvalue weighted by Crippen LogP contribution is -2.26. The Morgan fingerprint density at radius 2 is 1.81 bits per heavy atom. The highest BCUT2D eigenvalue weighted by molar-refractivity contribution is 6.17. The fourth-order valence-corrected chi connectivity index (χ4v) is 1.58. The predicted molar refractivity (Wildman–Crippen MR) is 52.8 cm³/mol. The molecule has 0 bridgehead atoms. The van der Waals surface area contributed by atoms with Gasteiger partial charge in [-0.3, -0.25) is 0 Å². The molecule has 0 radical (unpaired) electrons. The third-order valence-corrected chi connectivity index (χ3v) is 2.33. The number of aliphatic hydroxyl groups excluding tert-OH is 2. The van der Waals surface area contributed by atoms with Crippen molar-refractivity contribution < 1.29 is 24.5 Å². The molecular weight excluding hydrogens is 214 g/mol. The fourth-order valence-electron chi connectivity index (χ4n) is 1.58. The number of cyclic esters (lactones) is 2. The van der Waals surface area contributed by atoms with Crippen molar-refractivity contribution in [2.24, 2.45) is 0 Å². The molecule has 0 aromatic heterocycles. The van der Waals surface area contributed by atoms with Gasteiger partial charge in [-0.15, -0.1) is 0 Å². The Morgan fingerprint density at radius 1 is 1.12 bits per heavy atom. The molecule has 0 aliphatic carbocycles. The smallest absolute Gasteiger partial charge is 0.349 e. The number of esters is 2. The van der Waals surface area contributed by atoms with Crippen molar-refractivity contribution in [2.75, 3.05) is 18.4 Å². The molecule has 1 aromatic carbocycles. The summed E-state index contributed by atoms with van der Waals surface area (Å²) in [5.74, 6) is -1.47. The van der Waals surface area contributed by atoms with Gasteiger partial charge >= 0.3 is 11.9 Å². The van der Waals surface area contributed by atoms with E-state index < -0.39 is 25.4 Å². The lowest BCUT2D eigenvalue weighted by molar-refractivity contribution is 0.0444. The zero-order chi connectivity index (χ0) is 11.7. The van der Waals surface area contributed by atoms with Crippen molar-refractivity contribution in [3.8, 4) is 0 Å². The molecule has 0 spiro atoms. The molecule has 0 saturated heterocycles. The summed E-state index contributed by atoms with van der Waals surface area (Å²) in [6, 6.07) is 4.52. The number of carbonyl (C=O) groups is 2. The van der Waals surface area contributed by atoms with Gasteiger partial charge in [-0.25, -0.2) is 9.59 Å². The average molecular weight is 223 g/mol. The Labute approximate surface area is 90.7 Å². The Kier molecular flexibility index (Phi) is 2.59. The Bertz CT molecular complexity index is 453. The monoisotopic (exact) mass is 223 g/mol. The number of hydrogen-bond donors (Lipinski definition) is 2. The first kappa shape index (κ1) is 10.6. The maximum Gasteiger partial charge on any atom is 0.349 e. The van der Waals surface area contributed by atoms with Gasteiger partial charge in [-0.2, -0.15) is 0 Å². The van der Waals surface area contributed by atoms with Gasteiger partial charge in [-0.1, -0.05) is 6.07 Å². The third-order valence-electron chi connectivity index (χ3n) is 2.33. The number of anilines is 1. The summed E-state index contributed by atoms with van der Waals surface area (Å²) in [6.45, 7) is -0.928. The van der Waals surface area contributed by atoms with E-state index in [9.17, 15) is 9.59 Å². The number of hydrogen-bond acceptors (Lipinski definition) is 6. The topological polar surface area (TPSA) is 87.1 Å². The Hall–Kier alpha value is -1.92. The van der Waals surface area contributed by atoms with Gasteiger partial charge in [-0.05, 0) is 12.1 Å². The summed E-state index contributed by atoms with van der Waals surface area (Å²) in [5.41, 5.74) is 0.503. The molecule has 0 atom stereocenters. The summed E-state index contributed by atoms with van der Waals surface area (Å²) in [7, 11) is 0. The molecule has 1 aromatic rings. The first-order chi connectivity index (χ1) is 7.69. The maximum atomic E-state index is 11.4.